The monoisotopic (exact) mass is 304 g/mol. The van der Waals surface area contributed by atoms with Crippen LogP contribution in [0.4, 0.5) is 0 Å². The Kier molecular flexibility index (Phi) is 3.76. The maximum absolute atomic E-state index is 6.11. The van der Waals surface area contributed by atoms with Gasteiger partial charge in [0.1, 0.15) is 5.75 Å². The molecule has 0 aromatic heterocycles. The van der Waals surface area contributed by atoms with Crippen molar-refractivity contribution in [2.24, 2.45) is 0 Å². The third kappa shape index (κ3) is 2.60. The summed E-state index contributed by atoms with van der Waals surface area (Å²) in [7, 11) is 0. The molecule has 0 fully saturated rings. The highest BCUT2D eigenvalue weighted by Gasteiger charge is 2.31. The number of benzene rings is 3. The highest BCUT2D eigenvalue weighted by atomic mass is 16.7. The molecule has 23 heavy (non-hydrogen) atoms. The Hall–Kier alpha value is -2.32. The summed E-state index contributed by atoms with van der Waals surface area (Å²) in [4.78, 5) is 0. The highest BCUT2D eigenvalue weighted by molar-refractivity contribution is 5.89. The molecule has 2 heteroatoms. The van der Waals surface area contributed by atoms with E-state index < -0.39 is 0 Å². The first-order chi connectivity index (χ1) is 11.4. The van der Waals surface area contributed by atoms with Crippen molar-refractivity contribution in [2.75, 3.05) is 6.61 Å². The molecule has 0 unspecified atom stereocenters. The molecule has 0 saturated carbocycles. The van der Waals surface area contributed by atoms with Crippen LogP contribution in [-0.2, 0) is 4.74 Å². The van der Waals surface area contributed by atoms with Crippen LogP contribution in [0.2, 0.25) is 0 Å². The van der Waals surface area contributed by atoms with E-state index in [4.69, 9.17) is 9.47 Å². The van der Waals surface area contributed by atoms with Gasteiger partial charge in [-0.3, -0.25) is 0 Å². The lowest BCUT2D eigenvalue weighted by Gasteiger charge is -2.33. The van der Waals surface area contributed by atoms with Gasteiger partial charge in [0, 0.05) is 24.5 Å². The van der Waals surface area contributed by atoms with Crippen LogP contribution in [0.3, 0.4) is 0 Å². The molecule has 0 bridgehead atoms. The minimum atomic E-state index is -0.182. The van der Waals surface area contributed by atoms with Gasteiger partial charge in [0.25, 0.3) is 0 Å². The summed E-state index contributed by atoms with van der Waals surface area (Å²) in [5, 5.41) is 2.53. The lowest BCUT2D eigenvalue weighted by molar-refractivity contribution is -0.0891. The van der Waals surface area contributed by atoms with Gasteiger partial charge in [-0.05, 0) is 29.3 Å². The van der Waals surface area contributed by atoms with E-state index in [1.54, 1.807) is 0 Å². The van der Waals surface area contributed by atoms with E-state index >= 15 is 0 Å². The Bertz CT molecular complexity index is 810. The van der Waals surface area contributed by atoms with Crippen molar-refractivity contribution in [1.29, 1.82) is 0 Å². The van der Waals surface area contributed by atoms with Gasteiger partial charge in [-0.2, -0.15) is 0 Å². The average Bonchev–Trinajstić information content (AvgIpc) is 2.62. The standard InChI is InChI=1S/C21H20O2/c1-2-22-20-14-18(15-8-4-3-5-9-15)21-17-11-7-6-10-16(17)12-13-19(21)23-20/h3-13,18,20H,2,14H2,1H3/t18-,20+/m0/s1. The summed E-state index contributed by atoms with van der Waals surface area (Å²) >= 11 is 0. The largest absolute Gasteiger partial charge is 0.465 e. The number of rotatable bonds is 3. The average molecular weight is 304 g/mol. The van der Waals surface area contributed by atoms with E-state index in [0.717, 1.165) is 12.2 Å². The quantitative estimate of drug-likeness (QED) is 0.669. The van der Waals surface area contributed by atoms with E-state index in [0.29, 0.717) is 12.5 Å². The first kappa shape index (κ1) is 14.3. The van der Waals surface area contributed by atoms with Crippen LogP contribution < -0.4 is 4.74 Å². The molecule has 0 N–H and O–H groups in total. The summed E-state index contributed by atoms with van der Waals surface area (Å²) in [6.07, 6.45) is 0.664. The highest BCUT2D eigenvalue weighted by Crippen LogP contribution is 2.44. The predicted molar refractivity (Wildman–Crippen MR) is 92.9 cm³/mol. The van der Waals surface area contributed by atoms with Gasteiger partial charge >= 0.3 is 0 Å². The Balaban J connectivity index is 1.90. The fourth-order valence-corrected chi connectivity index (χ4v) is 3.51. The minimum Gasteiger partial charge on any atom is -0.465 e. The van der Waals surface area contributed by atoms with Gasteiger partial charge in [0.05, 0.1) is 0 Å². The Labute approximate surface area is 136 Å². The lowest BCUT2D eigenvalue weighted by atomic mass is 9.83. The fraction of sp³-hybridized carbons (Fsp3) is 0.238. The third-order valence-electron chi connectivity index (χ3n) is 4.52. The molecule has 0 spiro atoms. The molecule has 1 aliphatic rings. The molecule has 3 aromatic rings. The van der Waals surface area contributed by atoms with Gasteiger partial charge < -0.3 is 9.47 Å². The number of fused-ring (bicyclic) bond motifs is 3. The Morgan fingerprint density at radius 1 is 0.957 bits per heavy atom. The van der Waals surface area contributed by atoms with Gasteiger partial charge in [-0.15, -0.1) is 0 Å². The zero-order valence-corrected chi connectivity index (χ0v) is 13.2. The smallest absolute Gasteiger partial charge is 0.200 e. The number of ether oxygens (including phenoxy) is 2. The van der Waals surface area contributed by atoms with Crippen molar-refractivity contribution in [1.82, 2.24) is 0 Å². The van der Waals surface area contributed by atoms with Crippen LogP contribution in [0, 0.1) is 0 Å². The first-order valence-corrected chi connectivity index (χ1v) is 8.21. The SMILES string of the molecule is CCO[C@H]1C[C@@H](c2ccccc2)c2c(ccc3ccccc23)O1. The van der Waals surface area contributed by atoms with Crippen molar-refractivity contribution in [3.8, 4) is 5.75 Å². The summed E-state index contributed by atoms with van der Waals surface area (Å²) < 4.78 is 11.9. The van der Waals surface area contributed by atoms with Crippen molar-refractivity contribution < 1.29 is 9.47 Å². The summed E-state index contributed by atoms with van der Waals surface area (Å²) in [6, 6.07) is 23.4. The van der Waals surface area contributed by atoms with Crippen LogP contribution in [-0.4, -0.2) is 12.9 Å². The summed E-state index contributed by atoms with van der Waals surface area (Å²) in [5.41, 5.74) is 2.60. The topological polar surface area (TPSA) is 18.5 Å². The zero-order valence-electron chi connectivity index (χ0n) is 13.2. The van der Waals surface area contributed by atoms with E-state index in [1.165, 1.54) is 21.9 Å². The molecule has 1 aliphatic heterocycles. The summed E-state index contributed by atoms with van der Waals surface area (Å²) in [5.74, 6) is 1.24. The van der Waals surface area contributed by atoms with E-state index in [1.807, 2.05) is 6.92 Å². The maximum atomic E-state index is 6.11. The molecule has 0 aliphatic carbocycles. The maximum Gasteiger partial charge on any atom is 0.200 e. The molecular weight excluding hydrogens is 284 g/mol. The zero-order chi connectivity index (χ0) is 15.6. The van der Waals surface area contributed by atoms with Gasteiger partial charge in [-0.1, -0.05) is 60.7 Å². The van der Waals surface area contributed by atoms with E-state index in [9.17, 15) is 0 Å². The third-order valence-corrected chi connectivity index (χ3v) is 4.52. The van der Waals surface area contributed by atoms with Crippen molar-refractivity contribution in [2.45, 2.75) is 25.6 Å². The van der Waals surface area contributed by atoms with Crippen LogP contribution in [0.25, 0.3) is 10.8 Å². The van der Waals surface area contributed by atoms with Crippen LogP contribution in [0.5, 0.6) is 5.75 Å². The predicted octanol–water partition coefficient (Wildman–Crippen LogP) is 5.12. The second-order valence-corrected chi connectivity index (χ2v) is 5.90. The first-order valence-electron chi connectivity index (χ1n) is 8.21. The van der Waals surface area contributed by atoms with E-state index in [-0.39, 0.29) is 6.29 Å². The van der Waals surface area contributed by atoms with Gasteiger partial charge in [0.15, 0.2) is 0 Å². The molecule has 4 rings (SSSR count). The molecule has 3 aromatic carbocycles. The second kappa shape index (κ2) is 6.05. The van der Waals surface area contributed by atoms with Gasteiger partial charge in [0.2, 0.25) is 6.29 Å². The van der Waals surface area contributed by atoms with E-state index in [2.05, 4.69) is 66.7 Å². The molecule has 1 heterocycles. The second-order valence-electron chi connectivity index (χ2n) is 5.90. The van der Waals surface area contributed by atoms with Gasteiger partial charge in [-0.25, -0.2) is 0 Å². The molecule has 2 nitrogen and oxygen atoms in total. The Morgan fingerprint density at radius 3 is 2.57 bits per heavy atom. The fourth-order valence-electron chi connectivity index (χ4n) is 3.51. The number of hydrogen-bond donors (Lipinski definition) is 0. The Morgan fingerprint density at radius 2 is 1.74 bits per heavy atom. The molecule has 116 valence electrons. The summed E-state index contributed by atoms with van der Waals surface area (Å²) in [6.45, 7) is 2.67. The molecule has 0 radical (unpaired) electrons. The molecule has 2 atom stereocenters. The van der Waals surface area contributed by atoms with Crippen LogP contribution in [0.15, 0.2) is 66.7 Å². The van der Waals surface area contributed by atoms with Crippen molar-refractivity contribution in [3.63, 3.8) is 0 Å². The van der Waals surface area contributed by atoms with Crippen LogP contribution >= 0.6 is 0 Å². The number of hydrogen-bond acceptors (Lipinski definition) is 2. The van der Waals surface area contributed by atoms with Crippen molar-refractivity contribution in [3.05, 3.63) is 77.9 Å². The molecule has 0 saturated heterocycles. The van der Waals surface area contributed by atoms with Crippen molar-refractivity contribution >= 4 is 10.8 Å². The normalized spacial score (nSPS) is 20.0. The lowest BCUT2D eigenvalue weighted by Crippen LogP contribution is -2.29. The van der Waals surface area contributed by atoms with Crippen LogP contribution in [0.1, 0.15) is 30.4 Å². The molecular formula is C21H20O2. The minimum absolute atomic E-state index is 0.182. The molecule has 0 amide bonds.